The number of amides is 2. The third-order valence-electron chi connectivity index (χ3n) is 4.15. The first-order valence-electron chi connectivity index (χ1n) is 8.20. The Morgan fingerprint density at radius 2 is 1.82 bits per heavy atom. The van der Waals surface area contributed by atoms with Crippen LogP contribution < -0.4 is 5.32 Å². The average Bonchev–Trinajstić information content (AvgIpc) is 2.54. The number of benzene rings is 1. The lowest BCUT2D eigenvalue weighted by molar-refractivity contribution is -0.132. The molecule has 1 aromatic rings. The number of likely N-dealkylation sites (tertiary alicyclic amines) is 1. The molecule has 0 bridgehead atoms. The molecule has 1 fully saturated rings. The van der Waals surface area contributed by atoms with Crippen molar-refractivity contribution in [3.63, 3.8) is 0 Å². The Bertz CT molecular complexity index is 491. The van der Waals surface area contributed by atoms with Gasteiger partial charge >= 0.3 is 0 Å². The molecule has 0 unspecified atom stereocenters. The Hall–Kier alpha value is -1.84. The van der Waals surface area contributed by atoms with Crippen molar-refractivity contribution in [1.29, 1.82) is 0 Å². The molecule has 0 saturated carbocycles. The third kappa shape index (κ3) is 4.86. The number of carbonyl (C=O) groups excluding carboxylic acids is 2. The number of hydrogen-bond acceptors (Lipinski definition) is 2. The zero-order valence-corrected chi connectivity index (χ0v) is 13.5. The lowest BCUT2D eigenvalue weighted by Crippen LogP contribution is -2.46. The highest BCUT2D eigenvalue weighted by Crippen LogP contribution is 2.14. The molecule has 1 saturated heterocycles. The highest BCUT2D eigenvalue weighted by molar-refractivity contribution is 5.94. The van der Waals surface area contributed by atoms with Crippen molar-refractivity contribution in [2.24, 2.45) is 5.92 Å². The van der Waals surface area contributed by atoms with Crippen LogP contribution in [0.5, 0.6) is 0 Å². The van der Waals surface area contributed by atoms with Gasteiger partial charge in [-0.15, -0.1) is 0 Å². The number of hydrogen-bond donors (Lipinski definition) is 1. The van der Waals surface area contributed by atoms with Crippen molar-refractivity contribution in [1.82, 2.24) is 10.2 Å². The van der Waals surface area contributed by atoms with Crippen LogP contribution in [-0.2, 0) is 4.79 Å². The van der Waals surface area contributed by atoms with Crippen LogP contribution in [0.3, 0.4) is 0 Å². The SMILES string of the molecule is CC(C)CCC(=O)N1CCC(NC(=O)c2ccccc2)CC1. The third-order valence-corrected chi connectivity index (χ3v) is 4.15. The molecule has 4 nitrogen and oxygen atoms in total. The van der Waals surface area contributed by atoms with E-state index in [1.54, 1.807) is 0 Å². The van der Waals surface area contributed by atoms with Gasteiger partial charge in [0, 0.05) is 31.1 Å². The van der Waals surface area contributed by atoms with Crippen molar-refractivity contribution in [3.05, 3.63) is 35.9 Å². The summed E-state index contributed by atoms with van der Waals surface area (Å²) >= 11 is 0. The van der Waals surface area contributed by atoms with Crippen molar-refractivity contribution >= 4 is 11.8 Å². The van der Waals surface area contributed by atoms with E-state index in [1.165, 1.54) is 0 Å². The summed E-state index contributed by atoms with van der Waals surface area (Å²) in [4.78, 5) is 26.1. The van der Waals surface area contributed by atoms with E-state index in [0.717, 1.165) is 32.4 Å². The molecule has 4 heteroatoms. The van der Waals surface area contributed by atoms with Crippen LogP contribution in [0.2, 0.25) is 0 Å². The van der Waals surface area contributed by atoms with Gasteiger partial charge in [0.2, 0.25) is 5.91 Å². The van der Waals surface area contributed by atoms with E-state index in [2.05, 4.69) is 19.2 Å². The molecule has 0 spiro atoms. The van der Waals surface area contributed by atoms with E-state index >= 15 is 0 Å². The smallest absolute Gasteiger partial charge is 0.251 e. The van der Waals surface area contributed by atoms with Gasteiger partial charge in [0.05, 0.1) is 0 Å². The summed E-state index contributed by atoms with van der Waals surface area (Å²) in [6.45, 7) is 5.77. The molecule has 1 aromatic carbocycles. The van der Waals surface area contributed by atoms with Gasteiger partial charge in [-0.25, -0.2) is 0 Å². The highest BCUT2D eigenvalue weighted by atomic mass is 16.2. The van der Waals surface area contributed by atoms with Crippen LogP contribution >= 0.6 is 0 Å². The minimum absolute atomic E-state index is 0.0230. The minimum atomic E-state index is -0.0230. The fraction of sp³-hybridized carbons (Fsp3) is 0.556. The lowest BCUT2D eigenvalue weighted by atomic mass is 10.0. The van der Waals surface area contributed by atoms with Crippen LogP contribution in [0.1, 0.15) is 49.9 Å². The van der Waals surface area contributed by atoms with Crippen LogP contribution in [-0.4, -0.2) is 35.8 Å². The summed E-state index contributed by atoms with van der Waals surface area (Å²) < 4.78 is 0. The van der Waals surface area contributed by atoms with Gasteiger partial charge in [-0.2, -0.15) is 0 Å². The molecule has 0 atom stereocenters. The summed E-state index contributed by atoms with van der Waals surface area (Å²) in [6.07, 6.45) is 3.26. The first-order chi connectivity index (χ1) is 10.6. The van der Waals surface area contributed by atoms with E-state index in [1.807, 2.05) is 35.2 Å². The number of nitrogens with one attached hydrogen (secondary N) is 1. The Balaban J connectivity index is 1.75. The van der Waals surface area contributed by atoms with E-state index in [-0.39, 0.29) is 17.9 Å². The molecule has 1 aliphatic heterocycles. The fourth-order valence-corrected chi connectivity index (χ4v) is 2.70. The number of nitrogens with zero attached hydrogens (tertiary/aromatic N) is 1. The Kier molecular flexibility index (Phi) is 5.99. The van der Waals surface area contributed by atoms with E-state index in [4.69, 9.17) is 0 Å². The van der Waals surface area contributed by atoms with Gasteiger partial charge in [-0.05, 0) is 37.3 Å². The van der Waals surface area contributed by atoms with Crippen molar-refractivity contribution in [2.75, 3.05) is 13.1 Å². The maximum absolute atomic E-state index is 12.1. The van der Waals surface area contributed by atoms with E-state index in [9.17, 15) is 9.59 Å². The monoisotopic (exact) mass is 302 g/mol. The van der Waals surface area contributed by atoms with Gasteiger partial charge < -0.3 is 10.2 Å². The molecule has 0 radical (unpaired) electrons. The van der Waals surface area contributed by atoms with Gasteiger partial charge in [-0.3, -0.25) is 9.59 Å². The lowest BCUT2D eigenvalue weighted by Gasteiger charge is -2.32. The molecular formula is C18H26N2O2. The molecular weight excluding hydrogens is 276 g/mol. The molecule has 1 N–H and O–H groups in total. The Labute approximate surface area is 132 Å². The fourth-order valence-electron chi connectivity index (χ4n) is 2.70. The second kappa shape index (κ2) is 7.97. The summed E-state index contributed by atoms with van der Waals surface area (Å²) in [7, 11) is 0. The highest BCUT2D eigenvalue weighted by Gasteiger charge is 2.23. The minimum Gasteiger partial charge on any atom is -0.349 e. The first kappa shape index (κ1) is 16.5. The zero-order chi connectivity index (χ0) is 15.9. The number of rotatable bonds is 5. The van der Waals surface area contributed by atoms with Gasteiger partial charge in [-0.1, -0.05) is 32.0 Å². The predicted octanol–water partition coefficient (Wildman–Crippen LogP) is 2.84. The topological polar surface area (TPSA) is 49.4 Å². The van der Waals surface area contributed by atoms with Crippen molar-refractivity contribution in [3.8, 4) is 0 Å². The summed E-state index contributed by atoms with van der Waals surface area (Å²) in [6, 6.07) is 9.44. The Morgan fingerprint density at radius 1 is 1.18 bits per heavy atom. The molecule has 120 valence electrons. The van der Waals surface area contributed by atoms with Gasteiger partial charge in [0.1, 0.15) is 0 Å². The van der Waals surface area contributed by atoms with Crippen molar-refractivity contribution in [2.45, 2.75) is 45.6 Å². The largest absolute Gasteiger partial charge is 0.349 e. The molecule has 0 aliphatic carbocycles. The molecule has 2 rings (SSSR count). The maximum Gasteiger partial charge on any atom is 0.251 e. The second-order valence-corrected chi connectivity index (χ2v) is 6.43. The van der Waals surface area contributed by atoms with Gasteiger partial charge in [0.15, 0.2) is 0 Å². The average molecular weight is 302 g/mol. The molecule has 22 heavy (non-hydrogen) atoms. The quantitative estimate of drug-likeness (QED) is 0.909. The van der Waals surface area contributed by atoms with Crippen molar-refractivity contribution < 1.29 is 9.59 Å². The predicted molar refractivity (Wildman–Crippen MR) is 87.6 cm³/mol. The second-order valence-electron chi connectivity index (χ2n) is 6.43. The molecule has 0 aromatic heterocycles. The summed E-state index contributed by atoms with van der Waals surface area (Å²) in [5, 5.41) is 3.07. The van der Waals surface area contributed by atoms with E-state index < -0.39 is 0 Å². The summed E-state index contributed by atoms with van der Waals surface area (Å²) in [5.74, 6) is 0.790. The first-order valence-corrected chi connectivity index (χ1v) is 8.20. The van der Waals surface area contributed by atoms with Crippen LogP contribution in [0.4, 0.5) is 0 Å². The standard InChI is InChI=1S/C18H26N2O2/c1-14(2)8-9-17(21)20-12-10-16(11-13-20)19-18(22)15-6-4-3-5-7-15/h3-7,14,16H,8-13H2,1-2H3,(H,19,22). The molecule has 2 amide bonds. The van der Waals surface area contributed by atoms with Gasteiger partial charge in [0.25, 0.3) is 5.91 Å². The zero-order valence-electron chi connectivity index (χ0n) is 13.5. The van der Waals surface area contributed by atoms with E-state index in [0.29, 0.717) is 17.9 Å². The van der Waals surface area contributed by atoms with Crippen LogP contribution in [0.25, 0.3) is 0 Å². The normalized spacial score (nSPS) is 15.9. The number of piperidine rings is 1. The molecule has 1 heterocycles. The van der Waals surface area contributed by atoms with Crippen LogP contribution in [0, 0.1) is 5.92 Å². The number of carbonyl (C=O) groups is 2. The van der Waals surface area contributed by atoms with Crippen LogP contribution in [0.15, 0.2) is 30.3 Å². The maximum atomic E-state index is 12.1. The molecule has 1 aliphatic rings. The Morgan fingerprint density at radius 3 is 2.41 bits per heavy atom. The summed E-state index contributed by atoms with van der Waals surface area (Å²) in [5.41, 5.74) is 0.693.